The average molecular weight is 427 g/mol. The standard InChI is InChI=1S/C21H30N8O2/c1-14(2)18-12-31-21(30)29(18)20-24-13-23-19(26-20)25-15(3)17-6-5-16(11-22-17)28-9-7-27(4)8-10-28/h5-6,11,13-15,18H,7-10,12H2,1-4H3,(H,23,24,25,26)/t15-,18+/m0/s1. The first-order valence-electron chi connectivity index (χ1n) is 10.7. The van der Waals surface area contributed by atoms with Crippen LogP contribution in [-0.4, -0.2) is 76.8 Å². The lowest BCUT2D eigenvalue weighted by molar-refractivity contribution is 0.177. The van der Waals surface area contributed by atoms with Crippen molar-refractivity contribution in [3.8, 4) is 0 Å². The number of carbonyl (C=O) groups excluding carboxylic acids is 1. The van der Waals surface area contributed by atoms with E-state index < -0.39 is 6.09 Å². The van der Waals surface area contributed by atoms with Gasteiger partial charge < -0.3 is 19.9 Å². The van der Waals surface area contributed by atoms with E-state index in [2.05, 4.69) is 48.2 Å². The molecular weight excluding hydrogens is 396 g/mol. The molecule has 0 radical (unpaired) electrons. The zero-order valence-electron chi connectivity index (χ0n) is 18.5. The molecule has 0 aliphatic carbocycles. The molecule has 2 aromatic rings. The lowest BCUT2D eigenvalue weighted by atomic mass is 10.1. The Balaban J connectivity index is 1.43. The van der Waals surface area contributed by atoms with Gasteiger partial charge in [0.15, 0.2) is 0 Å². The highest BCUT2D eigenvalue weighted by atomic mass is 16.6. The Morgan fingerprint density at radius 1 is 1.10 bits per heavy atom. The van der Waals surface area contributed by atoms with Crippen molar-refractivity contribution in [3.63, 3.8) is 0 Å². The van der Waals surface area contributed by atoms with Gasteiger partial charge in [-0.3, -0.25) is 4.98 Å². The van der Waals surface area contributed by atoms with Crippen LogP contribution in [0.4, 0.5) is 22.4 Å². The molecule has 2 atom stereocenters. The first-order chi connectivity index (χ1) is 14.9. The van der Waals surface area contributed by atoms with Gasteiger partial charge >= 0.3 is 6.09 Å². The molecule has 0 bridgehead atoms. The van der Waals surface area contributed by atoms with Gasteiger partial charge in [-0.2, -0.15) is 4.98 Å². The van der Waals surface area contributed by atoms with Gasteiger partial charge in [-0.1, -0.05) is 13.8 Å². The third-order valence-electron chi connectivity index (χ3n) is 5.88. The van der Waals surface area contributed by atoms with Gasteiger partial charge in [0.1, 0.15) is 12.9 Å². The molecule has 2 saturated heterocycles. The van der Waals surface area contributed by atoms with Crippen LogP contribution in [0.25, 0.3) is 0 Å². The third-order valence-corrected chi connectivity index (χ3v) is 5.88. The summed E-state index contributed by atoms with van der Waals surface area (Å²) in [7, 11) is 2.15. The lowest BCUT2D eigenvalue weighted by Crippen LogP contribution is -2.44. The maximum absolute atomic E-state index is 12.2. The van der Waals surface area contributed by atoms with E-state index >= 15 is 0 Å². The predicted molar refractivity (Wildman–Crippen MR) is 118 cm³/mol. The molecule has 31 heavy (non-hydrogen) atoms. The molecule has 2 aliphatic heterocycles. The molecule has 0 aromatic carbocycles. The maximum atomic E-state index is 12.2. The molecule has 4 heterocycles. The van der Waals surface area contributed by atoms with Crippen LogP contribution in [0, 0.1) is 5.92 Å². The van der Waals surface area contributed by atoms with E-state index in [1.54, 1.807) is 0 Å². The highest BCUT2D eigenvalue weighted by molar-refractivity contribution is 5.88. The van der Waals surface area contributed by atoms with Crippen LogP contribution in [0.3, 0.4) is 0 Å². The number of aromatic nitrogens is 4. The number of hydrogen-bond acceptors (Lipinski definition) is 9. The molecule has 10 heteroatoms. The quantitative estimate of drug-likeness (QED) is 0.745. The zero-order chi connectivity index (χ0) is 22.0. The van der Waals surface area contributed by atoms with E-state index in [0.29, 0.717) is 18.5 Å². The molecule has 1 N–H and O–H groups in total. The maximum Gasteiger partial charge on any atom is 0.417 e. The molecule has 10 nitrogen and oxygen atoms in total. The highest BCUT2D eigenvalue weighted by Crippen LogP contribution is 2.25. The van der Waals surface area contributed by atoms with Crippen molar-refractivity contribution in [2.75, 3.05) is 55.0 Å². The molecule has 1 amide bonds. The van der Waals surface area contributed by atoms with Gasteiger partial charge in [-0.05, 0) is 32.0 Å². The Hall–Kier alpha value is -3.01. The van der Waals surface area contributed by atoms with Crippen LogP contribution >= 0.6 is 0 Å². The Kier molecular flexibility index (Phi) is 6.17. The molecule has 2 fully saturated rings. The number of anilines is 3. The van der Waals surface area contributed by atoms with E-state index in [9.17, 15) is 4.79 Å². The second-order valence-corrected chi connectivity index (χ2v) is 8.46. The number of piperazine rings is 1. The molecule has 166 valence electrons. The number of cyclic esters (lactones) is 1. The summed E-state index contributed by atoms with van der Waals surface area (Å²) in [6, 6.07) is 3.94. The molecule has 0 unspecified atom stereocenters. The summed E-state index contributed by atoms with van der Waals surface area (Å²) in [6.45, 7) is 10.6. The number of carbonyl (C=O) groups is 1. The normalized spacial score (nSPS) is 20.8. The first kappa shape index (κ1) is 21.2. The largest absolute Gasteiger partial charge is 0.447 e. The fraction of sp³-hybridized carbons (Fsp3) is 0.571. The number of amides is 1. The van der Waals surface area contributed by atoms with Gasteiger partial charge in [-0.15, -0.1) is 0 Å². The average Bonchev–Trinajstić information content (AvgIpc) is 3.16. The van der Waals surface area contributed by atoms with Crippen molar-refractivity contribution in [3.05, 3.63) is 30.4 Å². The molecule has 4 rings (SSSR count). The number of hydrogen-bond donors (Lipinski definition) is 1. The minimum Gasteiger partial charge on any atom is -0.447 e. The SMILES string of the molecule is CC(C)[C@H]1COC(=O)N1c1ncnc(N[C@@H](C)c2ccc(N3CCN(C)CC3)cn2)n1. The summed E-state index contributed by atoms with van der Waals surface area (Å²) in [4.78, 5) is 35.9. The number of ether oxygens (including phenoxy) is 1. The number of pyridine rings is 1. The number of nitrogens with one attached hydrogen (secondary N) is 1. The number of likely N-dealkylation sites (N-methyl/N-ethyl adjacent to an activating group) is 1. The minimum atomic E-state index is -0.426. The van der Waals surface area contributed by atoms with Crippen LogP contribution in [-0.2, 0) is 4.74 Å². The number of nitrogens with zero attached hydrogens (tertiary/aromatic N) is 7. The van der Waals surface area contributed by atoms with Gasteiger partial charge in [-0.25, -0.2) is 19.7 Å². The smallest absolute Gasteiger partial charge is 0.417 e. The van der Waals surface area contributed by atoms with Crippen LogP contribution in [0.5, 0.6) is 0 Å². The Bertz CT molecular complexity index is 899. The van der Waals surface area contributed by atoms with Crippen molar-refractivity contribution in [1.29, 1.82) is 0 Å². The van der Waals surface area contributed by atoms with E-state index in [1.807, 2.05) is 33.0 Å². The molecule has 0 spiro atoms. The fourth-order valence-electron chi connectivity index (χ4n) is 3.80. The predicted octanol–water partition coefficient (Wildman–Crippen LogP) is 2.17. The molecule has 2 aliphatic rings. The van der Waals surface area contributed by atoms with E-state index in [4.69, 9.17) is 4.74 Å². The summed E-state index contributed by atoms with van der Waals surface area (Å²) in [5.74, 6) is 0.912. The van der Waals surface area contributed by atoms with Crippen molar-refractivity contribution < 1.29 is 9.53 Å². The highest BCUT2D eigenvalue weighted by Gasteiger charge is 2.38. The van der Waals surface area contributed by atoms with Gasteiger partial charge in [0.05, 0.1) is 29.7 Å². The Morgan fingerprint density at radius 2 is 1.87 bits per heavy atom. The van der Waals surface area contributed by atoms with Crippen molar-refractivity contribution in [1.82, 2.24) is 24.8 Å². The summed E-state index contributed by atoms with van der Waals surface area (Å²) in [5, 5.41) is 3.26. The van der Waals surface area contributed by atoms with E-state index in [0.717, 1.165) is 37.6 Å². The second kappa shape index (κ2) is 9.01. The van der Waals surface area contributed by atoms with Crippen molar-refractivity contribution in [2.45, 2.75) is 32.9 Å². The minimum absolute atomic E-state index is 0.0936. The first-order valence-corrected chi connectivity index (χ1v) is 10.7. The number of rotatable bonds is 6. The lowest BCUT2D eigenvalue weighted by Gasteiger charge is -2.33. The van der Waals surface area contributed by atoms with Crippen molar-refractivity contribution >= 4 is 23.7 Å². The molecule has 0 saturated carbocycles. The Labute approximate surface area is 182 Å². The summed E-state index contributed by atoms with van der Waals surface area (Å²) in [6.07, 6.45) is 2.90. The van der Waals surface area contributed by atoms with Crippen LogP contribution in [0.2, 0.25) is 0 Å². The van der Waals surface area contributed by atoms with E-state index in [-0.39, 0.29) is 18.0 Å². The fourth-order valence-corrected chi connectivity index (χ4v) is 3.80. The van der Waals surface area contributed by atoms with Gasteiger partial charge in [0, 0.05) is 26.2 Å². The molecular formula is C21H30N8O2. The molecule has 2 aromatic heterocycles. The summed E-state index contributed by atoms with van der Waals surface area (Å²) < 4.78 is 5.20. The monoisotopic (exact) mass is 426 g/mol. The van der Waals surface area contributed by atoms with Crippen LogP contribution in [0.1, 0.15) is 32.5 Å². The zero-order valence-corrected chi connectivity index (χ0v) is 18.5. The van der Waals surface area contributed by atoms with Crippen molar-refractivity contribution in [2.24, 2.45) is 5.92 Å². The second-order valence-electron chi connectivity index (χ2n) is 8.46. The van der Waals surface area contributed by atoms with Crippen LogP contribution in [0.15, 0.2) is 24.7 Å². The van der Waals surface area contributed by atoms with Gasteiger partial charge in [0.25, 0.3) is 0 Å². The third kappa shape index (κ3) is 4.68. The Morgan fingerprint density at radius 3 is 2.55 bits per heavy atom. The summed E-state index contributed by atoms with van der Waals surface area (Å²) >= 11 is 0. The van der Waals surface area contributed by atoms with E-state index in [1.165, 1.54) is 11.2 Å². The summed E-state index contributed by atoms with van der Waals surface area (Å²) in [5.41, 5.74) is 2.03. The van der Waals surface area contributed by atoms with Gasteiger partial charge in [0.2, 0.25) is 11.9 Å². The topological polar surface area (TPSA) is 99.6 Å². The van der Waals surface area contributed by atoms with Crippen LogP contribution < -0.4 is 15.1 Å².